The molecule has 0 aromatic heterocycles. The third kappa shape index (κ3) is 2.92. The lowest BCUT2D eigenvalue weighted by molar-refractivity contribution is -0.122. The molecule has 1 amide bonds. The highest BCUT2D eigenvalue weighted by Gasteiger charge is 2.57. The monoisotopic (exact) mass is 427 g/mol. The average Bonchev–Trinajstić information content (AvgIpc) is 3.50. The summed E-state index contributed by atoms with van der Waals surface area (Å²) in [5.41, 5.74) is 4.54. The Morgan fingerprint density at radius 3 is 2.69 bits per heavy atom. The number of ether oxygens (including phenoxy) is 3. The number of benzene rings is 3. The summed E-state index contributed by atoms with van der Waals surface area (Å²) in [4.78, 5) is 15.8. The van der Waals surface area contributed by atoms with Gasteiger partial charge in [-0.3, -0.25) is 4.79 Å². The summed E-state index contributed by atoms with van der Waals surface area (Å²) >= 11 is 0. The Kier molecular flexibility index (Phi) is 4.65. The van der Waals surface area contributed by atoms with Gasteiger partial charge in [0, 0.05) is 36.9 Å². The van der Waals surface area contributed by atoms with E-state index < -0.39 is 5.41 Å². The van der Waals surface area contributed by atoms with Crippen LogP contribution in [0.5, 0.6) is 11.5 Å². The second-order valence-electron chi connectivity index (χ2n) is 8.61. The maximum absolute atomic E-state index is 13.9. The van der Waals surface area contributed by atoms with E-state index >= 15 is 0 Å². The van der Waals surface area contributed by atoms with Gasteiger partial charge in [0.1, 0.15) is 23.5 Å². The van der Waals surface area contributed by atoms with Crippen LogP contribution in [-0.4, -0.2) is 32.3 Å². The number of carbonyl (C=O) groups excluding carboxylic acids is 1. The summed E-state index contributed by atoms with van der Waals surface area (Å²) in [6, 6.07) is 22.4. The van der Waals surface area contributed by atoms with Crippen molar-refractivity contribution in [2.75, 3.05) is 31.3 Å². The fourth-order valence-corrected chi connectivity index (χ4v) is 5.16. The highest BCUT2D eigenvalue weighted by molar-refractivity contribution is 6.11. The highest BCUT2D eigenvalue weighted by atomic mass is 16.5. The van der Waals surface area contributed by atoms with Crippen molar-refractivity contribution < 1.29 is 19.0 Å². The van der Waals surface area contributed by atoms with Crippen LogP contribution < -0.4 is 14.4 Å². The molecule has 3 aromatic carbocycles. The lowest BCUT2D eigenvalue weighted by atomic mass is 9.76. The van der Waals surface area contributed by atoms with Crippen molar-refractivity contribution in [1.82, 2.24) is 0 Å². The first kappa shape index (κ1) is 19.4. The molecule has 0 bridgehead atoms. The lowest BCUT2D eigenvalue weighted by Gasteiger charge is -2.23. The van der Waals surface area contributed by atoms with Gasteiger partial charge in [0.25, 0.3) is 0 Å². The first-order chi connectivity index (χ1) is 15.8. The van der Waals surface area contributed by atoms with Crippen molar-refractivity contribution in [2.45, 2.75) is 24.9 Å². The Labute approximate surface area is 187 Å². The van der Waals surface area contributed by atoms with Gasteiger partial charge in [0.15, 0.2) is 0 Å². The number of rotatable bonds is 6. The van der Waals surface area contributed by atoms with Gasteiger partial charge in [-0.15, -0.1) is 0 Å². The summed E-state index contributed by atoms with van der Waals surface area (Å²) in [6.45, 7) is 2.83. The molecule has 3 aliphatic heterocycles. The summed E-state index contributed by atoms with van der Waals surface area (Å²) in [6.07, 6.45) is 1.64. The number of para-hydroxylation sites is 1. The van der Waals surface area contributed by atoms with Crippen molar-refractivity contribution in [3.8, 4) is 11.5 Å². The van der Waals surface area contributed by atoms with Crippen LogP contribution in [0.3, 0.4) is 0 Å². The van der Waals surface area contributed by atoms with Crippen molar-refractivity contribution >= 4 is 11.6 Å². The van der Waals surface area contributed by atoms with Gasteiger partial charge >= 0.3 is 0 Å². The Bertz CT molecular complexity index is 1180. The molecule has 1 unspecified atom stereocenters. The first-order valence-electron chi connectivity index (χ1n) is 11.2. The number of nitrogens with zero attached hydrogens (tertiary/aromatic N) is 1. The molecular formula is C27H25NO4. The molecule has 5 nitrogen and oxygen atoms in total. The van der Waals surface area contributed by atoms with Crippen molar-refractivity contribution in [3.05, 3.63) is 89.0 Å². The number of hydrogen-bond donors (Lipinski definition) is 0. The Morgan fingerprint density at radius 2 is 1.78 bits per heavy atom. The Balaban J connectivity index is 1.23. The van der Waals surface area contributed by atoms with E-state index in [0.29, 0.717) is 33.0 Å². The zero-order chi connectivity index (χ0) is 21.5. The van der Waals surface area contributed by atoms with E-state index in [1.165, 1.54) is 0 Å². The largest absolute Gasteiger partial charge is 0.493 e. The van der Waals surface area contributed by atoms with Gasteiger partial charge in [0.05, 0.1) is 13.2 Å². The molecule has 0 saturated heterocycles. The van der Waals surface area contributed by atoms with Crippen molar-refractivity contribution in [1.29, 1.82) is 0 Å². The average molecular weight is 428 g/mol. The fraction of sp³-hybridized carbons (Fsp3) is 0.296. The summed E-state index contributed by atoms with van der Waals surface area (Å²) in [5, 5.41) is 0. The van der Waals surface area contributed by atoms with Crippen LogP contribution in [0.2, 0.25) is 0 Å². The number of hydrogen-bond acceptors (Lipinski definition) is 4. The van der Waals surface area contributed by atoms with Gasteiger partial charge in [-0.25, -0.2) is 0 Å². The minimum Gasteiger partial charge on any atom is -0.493 e. The van der Waals surface area contributed by atoms with Gasteiger partial charge in [-0.05, 0) is 35.2 Å². The molecular weight excluding hydrogens is 402 g/mol. The third-order valence-corrected chi connectivity index (χ3v) is 6.74. The zero-order valence-corrected chi connectivity index (χ0v) is 17.9. The SMILES string of the molecule is O=C1N(CCCOCc2ccccc2)c2ccccc2C12COc1cc3c(cc12)CCO3. The maximum Gasteiger partial charge on any atom is 0.245 e. The van der Waals surface area contributed by atoms with E-state index in [4.69, 9.17) is 14.2 Å². The van der Waals surface area contributed by atoms with E-state index in [1.807, 2.05) is 47.4 Å². The molecule has 0 fully saturated rings. The smallest absolute Gasteiger partial charge is 0.245 e. The molecule has 1 atom stereocenters. The van der Waals surface area contributed by atoms with E-state index in [-0.39, 0.29) is 5.91 Å². The predicted octanol–water partition coefficient (Wildman–Crippen LogP) is 4.25. The first-order valence-corrected chi connectivity index (χ1v) is 11.2. The van der Waals surface area contributed by atoms with Gasteiger partial charge in [-0.1, -0.05) is 48.5 Å². The third-order valence-electron chi connectivity index (χ3n) is 6.74. The van der Waals surface area contributed by atoms with Crippen LogP contribution in [0.4, 0.5) is 5.69 Å². The minimum atomic E-state index is -0.769. The van der Waals surface area contributed by atoms with Crippen LogP contribution in [0.15, 0.2) is 66.7 Å². The molecule has 3 aromatic rings. The molecule has 0 radical (unpaired) electrons. The Morgan fingerprint density at radius 1 is 0.938 bits per heavy atom. The van der Waals surface area contributed by atoms with E-state index in [0.717, 1.165) is 52.3 Å². The van der Waals surface area contributed by atoms with Gasteiger partial charge in [-0.2, -0.15) is 0 Å². The minimum absolute atomic E-state index is 0.0966. The number of anilines is 1. The molecule has 3 heterocycles. The van der Waals surface area contributed by atoms with Crippen LogP contribution in [0, 0.1) is 0 Å². The molecule has 3 aliphatic rings. The second kappa shape index (κ2) is 7.68. The second-order valence-corrected chi connectivity index (χ2v) is 8.61. The Hall–Kier alpha value is -3.31. The van der Waals surface area contributed by atoms with E-state index in [9.17, 15) is 4.79 Å². The summed E-state index contributed by atoms with van der Waals surface area (Å²) in [5.74, 6) is 1.74. The van der Waals surface area contributed by atoms with E-state index in [2.05, 4.69) is 24.3 Å². The van der Waals surface area contributed by atoms with Crippen molar-refractivity contribution in [3.63, 3.8) is 0 Å². The molecule has 0 saturated carbocycles. The molecule has 0 N–H and O–H groups in total. The van der Waals surface area contributed by atoms with Gasteiger partial charge < -0.3 is 19.1 Å². The molecule has 162 valence electrons. The zero-order valence-electron chi connectivity index (χ0n) is 17.9. The fourth-order valence-electron chi connectivity index (χ4n) is 5.16. The molecule has 1 spiro atoms. The summed E-state index contributed by atoms with van der Waals surface area (Å²) in [7, 11) is 0. The molecule has 5 heteroatoms. The van der Waals surface area contributed by atoms with Crippen molar-refractivity contribution in [2.24, 2.45) is 0 Å². The quantitative estimate of drug-likeness (QED) is 0.552. The topological polar surface area (TPSA) is 48.0 Å². The normalized spacial score (nSPS) is 20.1. The maximum atomic E-state index is 13.9. The molecule has 32 heavy (non-hydrogen) atoms. The predicted molar refractivity (Wildman–Crippen MR) is 121 cm³/mol. The number of fused-ring (bicyclic) bond motifs is 5. The highest BCUT2D eigenvalue weighted by Crippen LogP contribution is 2.53. The van der Waals surface area contributed by atoms with Gasteiger partial charge in [0.2, 0.25) is 5.91 Å². The van der Waals surface area contributed by atoms with Crippen LogP contribution >= 0.6 is 0 Å². The lowest BCUT2D eigenvalue weighted by Crippen LogP contribution is -2.43. The number of carbonyl (C=O) groups is 1. The molecule has 0 aliphatic carbocycles. The van der Waals surface area contributed by atoms with Crippen LogP contribution in [0.1, 0.15) is 28.7 Å². The standard InChI is InChI=1S/C27H25NO4/c29-26-27(18-32-25-16-24-20(11-14-31-24)15-22(25)27)21-9-4-5-10-23(21)28(26)12-6-13-30-17-19-7-2-1-3-8-19/h1-5,7-10,15-16H,6,11-14,17-18H2. The van der Waals surface area contributed by atoms with E-state index in [1.54, 1.807) is 0 Å². The molecule has 6 rings (SSSR count). The summed E-state index contributed by atoms with van der Waals surface area (Å²) < 4.78 is 17.6. The number of amides is 1. The van der Waals surface area contributed by atoms with Crippen LogP contribution in [0.25, 0.3) is 0 Å². The van der Waals surface area contributed by atoms with Crippen LogP contribution in [-0.2, 0) is 28.0 Å².